The number of likely N-dealkylation sites (tertiary alicyclic amines) is 1. The molecule has 0 radical (unpaired) electrons. The van der Waals surface area contributed by atoms with E-state index in [2.05, 4.69) is 4.98 Å². The maximum atomic E-state index is 13.7. The molecule has 2 aliphatic rings. The number of aromatic nitrogens is 1. The van der Waals surface area contributed by atoms with E-state index in [0.29, 0.717) is 10.2 Å². The normalized spacial score (nSPS) is 18.8. The number of benzene rings is 2. The second-order valence-corrected chi connectivity index (χ2v) is 10.1. The molecule has 1 aliphatic heterocycles. The van der Waals surface area contributed by atoms with Crippen molar-refractivity contribution >= 4 is 39.1 Å². The van der Waals surface area contributed by atoms with E-state index in [1.165, 1.54) is 0 Å². The number of hydrogen-bond donors (Lipinski definition) is 0. The van der Waals surface area contributed by atoms with Crippen molar-refractivity contribution in [3.8, 4) is 10.9 Å². The zero-order valence-corrected chi connectivity index (χ0v) is 19.8. The fourth-order valence-corrected chi connectivity index (χ4v) is 6.09. The molecule has 1 aliphatic carbocycles. The van der Waals surface area contributed by atoms with Crippen LogP contribution in [0.3, 0.4) is 0 Å². The molecule has 0 spiro atoms. The molecule has 2 aromatic carbocycles. The highest BCUT2D eigenvalue weighted by atomic mass is 35.5. The molecule has 0 unspecified atom stereocenters. The average molecular weight is 471 g/mol. The Labute approximate surface area is 197 Å². The molecule has 5 rings (SSSR count). The van der Waals surface area contributed by atoms with E-state index >= 15 is 0 Å². The van der Waals surface area contributed by atoms with Crippen LogP contribution in [0.1, 0.15) is 44.1 Å². The lowest BCUT2D eigenvalue weighted by atomic mass is 9.77. The Bertz CT molecular complexity index is 1100. The average Bonchev–Trinajstić information content (AvgIpc) is 3.46. The Morgan fingerprint density at radius 2 is 1.84 bits per heavy atom. The van der Waals surface area contributed by atoms with Crippen molar-refractivity contribution in [2.24, 2.45) is 0 Å². The van der Waals surface area contributed by atoms with Crippen LogP contribution in [-0.2, 0) is 10.2 Å². The third-order valence-electron chi connectivity index (χ3n) is 6.84. The molecule has 1 saturated carbocycles. The summed E-state index contributed by atoms with van der Waals surface area (Å²) in [6, 6.07) is 13.7. The SMILES string of the molecule is COc1ccc2nc(OC3CCN(C(=O)C4(c5ccc(Cl)cc5)CCCC4)CC3)sc2c1. The largest absolute Gasteiger partial charge is 0.497 e. The lowest BCUT2D eigenvalue weighted by Gasteiger charge is -2.38. The Morgan fingerprint density at radius 3 is 2.53 bits per heavy atom. The van der Waals surface area contributed by atoms with Gasteiger partial charge in [-0.2, -0.15) is 0 Å². The van der Waals surface area contributed by atoms with E-state index in [4.69, 9.17) is 21.1 Å². The number of rotatable bonds is 5. The molecule has 3 aromatic rings. The molecule has 1 saturated heterocycles. The maximum absolute atomic E-state index is 13.7. The number of piperidine rings is 1. The second-order valence-electron chi connectivity index (χ2n) is 8.72. The van der Waals surface area contributed by atoms with Gasteiger partial charge in [0.1, 0.15) is 11.9 Å². The molecule has 7 heteroatoms. The zero-order chi connectivity index (χ0) is 22.1. The van der Waals surface area contributed by atoms with Gasteiger partial charge in [0.25, 0.3) is 5.19 Å². The Morgan fingerprint density at radius 1 is 1.12 bits per heavy atom. The predicted molar refractivity (Wildman–Crippen MR) is 128 cm³/mol. The van der Waals surface area contributed by atoms with Gasteiger partial charge in [-0.3, -0.25) is 4.79 Å². The molecule has 1 aromatic heterocycles. The summed E-state index contributed by atoms with van der Waals surface area (Å²) < 4.78 is 12.6. The van der Waals surface area contributed by atoms with Crippen LogP contribution in [0, 0.1) is 0 Å². The molecule has 2 heterocycles. The minimum absolute atomic E-state index is 0.0802. The first-order chi connectivity index (χ1) is 15.6. The molecular formula is C25H27ClN2O3S. The Kier molecular flexibility index (Phi) is 5.99. The van der Waals surface area contributed by atoms with E-state index < -0.39 is 5.41 Å². The molecule has 32 heavy (non-hydrogen) atoms. The van der Waals surface area contributed by atoms with Gasteiger partial charge in [-0.25, -0.2) is 4.98 Å². The van der Waals surface area contributed by atoms with Crippen molar-refractivity contribution in [2.45, 2.75) is 50.0 Å². The van der Waals surface area contributed by atoms with E-state index in [-0.39, 0.29) is 12.0 Å². The second kappa shape index (κ2) is 8.91. The summed E-state index contributed by atoms with van der Waals surface area (Å²) in [6.07, 6.45) is 5.74. The summed E-state index contributed by atoms with van der Waals surface area (Å²) in [5, 5.41) is 1.40. The smallest absolute Gasteiger partial charge is 0.274 e. The molecular weight excluding hydrogens is 444 g/mol. The quantitative estimate of drug-likeness (QED) is 0.470. The first-order valence-electron chi connectivity index (χ1n) is 11.2. The van der Waals surface area contributed by atoms with Crippen molar-refractivity contribution in [3.05, 3.63) is 53.1 Å². The van der Waals surface area contributed by atoms with Gasteiger partial charge in [0.05, 0.1) is 22.7 Å². The number of carbonyl (C=O) groups is 1. The first kappa shape index (κ1) is 21.5. The summed E-state index contributed by atoms with van der Waals surface area (Å²) in [6.45, 7) is 1.44. The number of nitrogens with zero attached hydrogens (tertiary/aromatic N) is 2. The van der Waals surface area contributed by atoms with Crippen LogP contribution in [0.4, 0.5) is 0 Å². The van der Waals surface area contributed by atoms with Gasteiger partial charge >= 0.3 is 0 Å². The lowest BCUT2D eigenvalue weighted by molar-refractivity contribution is -0.139. The number of hydrogen-bond acceptors (Lipinski definition) is 5. The lowest BCUT2D eigenvalue weighted by Crippen LogP contribution is -2.50. The minimum atomic E-state index is -0.398. The van der Waals surface area contributed by atoms with Gasteiger partial charge in [0.15, 0.2) is 0 Å². The van der Waals surface area contributed by atoms with Crippen LogP contribution >= 0.6 is 22.9 Å². The highest BCUT2D eigenvalue weighted by Crippen LogP contribution is 2.43. The number of thiazole rings is 1. The van der Waals surface area contributed by atoms with Crippen molar-refractivity contribution in [3.63, 3.8) is 0 Å². The van der Waals surface area contributed by atoms with Gasteiger partial charge < -0.3 is 14.4 Å². The van der Waals surface area contributed by atoms with Gasteiger partial charge in [-0.1, -0.05) is 47.9 Å². The van der Waals surface area contributed by atoms with Gasteiger partial charge in [-0.15, -0.1) is 0 Å². The van der Waals surface area contributed by atoms with Gasteiger partial charge in [0, 0.05) is 31.0 Å². The van der Waals surface area contributed by atoms with Crippen molar-refractivity contribution < 1.29 is 14.3 Å². The zero-order valence-electron chi connectivity index (χ0n) is 18.2. The standard InChI is InChI=1S/C25H27ClN2O3S/c1-30-20-8-9-21-22(16-20)32-24(27-21)31-19-10-14-28(15-11-19)23(29)25(12-2-3-13-25)17-4-6-18(26)7-5-17/h4-9,16,19H,2-3,10-15H2,1H3. The molecule has 0 N–H and O–H groups in total. The van der Waals surface area contributed by atoms with E-state index in [1.807, 2.05) is 47.4 Å². The fraction of sp³-hybridized carbons (Fsp3) is 0.440. The van der Waals surface area contributed by atoms with E-state index in [1.54, 1.807) is 18.4 Å². The van der Waals surface area contributed by atoms with Crippen LogP contribution in [0.5, 0.6) is 10.9 Å². The summed E-state index contributed by atoms with van der Waals surface area (Å²) in [5.41, 5.74) is 1.63. The number of ether oxygens (including phenoxy) is 2. The minimum Gasteiger partial charge on any atom is -0.497 e. The van der Waals surface area contributed by atoms with Gasteiger partial charge in [0.2, 0.25) is 5.91 Å². The Balaban J connectivity index is 1.25. The van der Waals surface area contributed by atoms with E-state index in [0.717, 1.165) is 73.1 Å². The highest BCUT2D eigenvalue weighted by Gasteiger charge is 2.45. The maximum Gasteiger partial charge on any atom is 0.274 e. The third kappa shape index (κ3) is 4.06. The van der Waals surface area contributed by atoms with Crippen molar-refractivity contribution in [1.82, 2.24) is 9.88 Å². The number of carbonyl (C=O) groups excluding carboxylic acids is 1. The van der Waals surface area contributed by atoms with Crippen LogP contribution in [-0.4, -0.2) is 42.1 Å². The number of amides is 1. The summed E-state index contributed by atoms with van der Waals surface area (Å²) >= 11 is 7.64. The molecule has 5 nitrogen and oxygen atoms in total. The molecule has 0 atom stereocenters. The number of fused-ring (bicyclic) bond motifs is 1. The molecule has 2 fully saturated rings. The summed E-state index contributed by atoms with van der Waals surface area (Å²) in [7, 11) is 1.66. The van der Waals surface area contributed by atoms with Crippen LogP contribution < -0.4 is 9.47 Å². The highest BCUT2D eigenvalue weighted by molar-refractivity contribution is 7.20. The third-order valence-corrected chi connectivity index (χ3v) is 8.00. The van der Waals surface area contributed by atoms with Crippen LogP contribution in [0.25, 0.3) is 10.2 Å². The molecule has 0 bridgehead atoms. The van der Waals surface area contributed by atoms with Crippen molar-refractivity contribution in [2.75, 3.05) is 20.2 Å². The number of methoxy groups -OCH3 is 1. The monoisotopic (exact) mass is 470 g/mol. The Hall–Kier alpha value is -2.31. The first-order valence-corrected chi connectivity index (χ1v) is 12.4. The predicted octanol–water partition coefficient (Wildman–Crippen LogP) is 5.84. The summed E-state index contributed by atoms with van der Waals surface area (Å²) in [4.78, 5) is 20.3. The molecule has 168 valence electrons. The van der Waals surface area contributed by atoms with Gasteiger partial charge in [-0.05, 0) is 48.7 Å². The number of halogens is 1. The fourth-order valence-electron chi connectivity index (χ4n) is 5.06. The van der Waals surface area contributed by atoms with E-state index in [9.17, 15) is 4.79 Å². The topological polar surface area (TPSA) is 51.7 Å². The van der Waals surface area contributed by atoms with Crippen LogP contribution in [0.15, 0.2) is 42.5 Å². The van der Waals surface area contributed by atoms with Crippen LogP contribution in [0.2, 0.25) is 5.02 Å². The molecule has 1 amide bonds. The van der Waals surface area contributed by atoms with Crippen molar-refractivity contribution in [1.29, 1.82) is 0 Å². The summed E-state index contributed by atoms with van der Waals surface area (Å²) in [5.74, 6) is 1.09.